The van der Waals surface area contributed by atoms with Crippen LogP contribution in [0.5, 0.6) is 0 Å². The van der Waals surface area contributed by atoms with Crippen molar-refractivity contribution in [3.63, 3.8) is 0 Å². The van der Waals surface area contributed by atoms with Crippen LogP contribution in [0.1, 0.15) is 72.6 Å². The highest BCUT2D eigenvalue weighted by Gasteiger charge is 2.20. The Kier molecular flexibility index (Phi) is 7.45. The number of esters is 1. The zero-order valence-corrected chi connectivity index (χ0v) is 10.8. The van der Waals surface area contributed by atoms with Crippen LogP contribution in [0.4, 0.5) is 0 Å². The molecule has 0 rings (SSSR count). The molecule has 0 aromatic carbocycles. The number of rotatable bonds is 8. The van der Waals surface area contributed by atoms with E-state index in [0.717, 1.165) is 25.7 Å². The Morgan fingerprint density at radius 1 is 1.07 bits per heavy atom. The normalized spacial score (nSPS) is 11.5. The monoisotopic (exact) mass is 214 g/mol. The lowest BCUT2D eigenvalue weighted by Gasteiger charge is -2.24. The summed E-state index contributed by atoms with van der Waals surface area (Å²) in [5.41, 5.74) is -0.281. The number of carbonyl (C=O) groups is 1. The molecule has 0 aromatic heterocycles. The molecule has 0 aliphatic rings. The van der Waals surface area contributed by atoms with Crippen LogP contribution in [0.15, 0.2) is 0 Å². The van der Waals surface area contributed by atoms with E-state index in [2.05, 4.69) is 13.8 Å². The second kappa shape index (κ2) is 7.72. The van der Waals surface area contributed by atoms with Gasteiger partial charge in [-0.2, -0.15) is 0 Å². The van der Waals surface area contributed by atoms with Crippen molar-refractivity contribution in [3.8, 4) is 0 Å². The molecule has 0 bridgehead atoms. The highest BCUT2D eigenvalue weighted by Crippen LogP contribution is 2.18. The third-order valence-corrected chi connectivity index (χ3v) is 2.48. The van der Waals surface area contributed by atoms with Gasteiger partial charge in [-0.15, -0.1) is 0 Å². The van der Waals surface area contributed by atoms with Crippen LogP contribution in [0.25, 0.3) is 0 Å². The van der Waals surface area contributed by atoms with Gasteiger partial charge < -0.3 is 4.74 Å². The van der Waals surface area contributed by atoms with E-state index >= 15 is 0 Å². The minimum absolute atomic E-state index is 0.0375. The van der Waals surface area contributed by atoms with Crippen molar-refractivity contribution >= 4 is 5.97 Å². The van der Waals surface area contributed by atoms with E-state index in [0.29, 0.717) is 6.42 Å². The minimum Gasteiger partial charge on any atom is -0.460 e. The molecule has 0 aliphatic carbocycles. The fourth-order valence-corrected chi connectivity index (χ4v) is 1.71. The second-order valence-electron chi connectivity index (χ2n) is 4.79. The molecule has 0 saturated heterocycles. The average Bonchev–Trinajstić information content (AvgIpc) is 2.11. The first kappa shape index (κ1) is 14.5. The molecule has 0 aliphatic heterocycles. The zero-order chi connectivity index (χ0) is 11.7. The number of ether oxygens (including phenoxy) is 1. The number of hydrogen-bond acceptors (Lipinski definition) is 2. The molecule has 0 heterocycles. The zero-order valence-electron chi connectivity index (χ0n) is 10.8. The van der Waals surface area contributed by atoms with Gasteiger partial charge in [0.25, 0.3) is 0 Å². The first-order valence-electron chi connectivity index (χ1n) is 6.23. The highest BCUT2D eigenvalue weighted by atomic mass is 16.6. The van der Waals surface area contributed by atoms with Crippen molar-refractivity contribution in [2.75, 3.05) is 0 Å². The predicted molar refractivity (Wildman–Crippen MR) is 63.8 cm³/mol. The molecule has 0 aromatic rings. The summed E-state index contributed by atoms with van der Waals surface area (Å²) < 4.78 is 5.42. The van der Waals surface area contributed by atoms with Gasteiger partial charge in [-0.3, -0.25) is 4.79 Å². The first-order valence-corrected chi connectivity index (χ1v) is 6.23. The highest BCUT2D eigenvalue weighted by molar-refractivity contribution is 5.69. The van der Waals surface area contributed by atoms with E-state index in [1.165, 1.54) is 12.8 Å². The van der Waals surface area contributed by atoms with E-state index in [1.807, 2.05) is 13.8 Å². The molecule has 0 N–H and O–H groups in total. The van der Waals surface area contributed by atoms with Gasteiger partial charge >= 0.3 is 5.97 Å². The van der Waals surface area contributed by atoms with Gasteiger partial charge in [0.2, 0.25) is 0 Å². The van der Waals surface area contributed by atoms with Crippen LogP contribution < -0.4 is 0 Å². The van der Waals surface area contributed by atoms with Gasteiger partial charge in [0, 0.05) is 6.42 Å². The Balaban J connectivity index is 3.63. The molecular weight excluding hydrogens is 188 g/mol. The van der Waals surface area contributed by atoms with Crippen LogP contribution in [-0.4, -0.2) is 11.6 Å². The summed E-state index contributed by atoms with van der Waals surface area (Å²) in [4.78, 5) is 11.5. The summed E-state index contributed by atoms with van der Waals surface area (Å²) in [7, 11) is 0. The summed E-state index contributed by atoms with van der Waals surface area (Å²) in [5, 5.41) is 0. The Morgan fingerprint density at radius 3 is 2.27 bits per heavy atom. The predicted octanol–water partition coefficient (Wildman–Crippen LogP) is 4.08. The molecule has 0 amide bonds. The van der Waals surface area contributed by atoms with Gasteiger partial charge in [-0.25, -0.2) is 0 Å². The molecule has 0 unspecified atom stereocenters. The average molecular weight is 214 g/mol. The van der Waals surface area contributed by atoms with Crippen LogP contribution in [0, 0.1) is 0 Å². The molecule has 90 valence electrons. The lowest BCUT2D eigenvalue weighted by Crippen LogP contribution is -2.27. The Bertz CT molecular complexity index is 173. The van der Waals surface area contributed by atoms with Crippen molar-refractivity contribution in [3.05, 3.63) is 0 Å². The smallest absolute Gasteiger partial charge is 0.306 e. The van der Waals surface area contributed by atoms with Crippen molar-refractivity contribution in [2.45, 2.75) is 78.2 Å². The summed E-state index contributed by atoms with van der Waals surface area (Å²) in [6, 6.07) is 0. The van der Waals surface area contributed by atoms with E-state index in [1.54, 1.807) is 0 Å². The van der Waals surface area contributed by atoms with E-state index in [9.17, 15) is 4.79 Å². The van der Waals surface area contributed by atoms with E-state index in [-0.39, 0.29) is 11.6 Å². The maximum atomic E-state index is 11.5. The topological polar surface area (TPSA) is 26.3 Å². The first-order chi connectivity index (χ1) is 7.02. The standard InChI is InChI=1S/C13H26O2/c1-5-7-8-9-10-12(14)15-13(3,4)11-6-2/h5-11H2,1-4H3. The van der Waals surface area contributed by atoms with Crippen molar-refractivity contribution in [1.29, 1.82) is 0 Å². The molecule has 2 heteroatoms. The maximum Gasteiger partial charge on any atom is 0.306 e. The summed E-state index contributed by atoms with van der Waals surface area (Å²) in [6.07, 6.45) is 7.09. The van der Waals surface area contributed by atoms with Gasteiger partial charge in [0.15, 0.2) is 0 Å². The number of carbonyl (C=O) groups excluding carboxylic acids is 1. The van der Waals surface area contributed by atoms with Crippen molar-refractivity contribution < 1.29 is 9.53 Å². The largest absolute Gasteiger partial charge is 0.460 e. The summed E-state index contributed by atoms with van der Waals surface area (Å²) in [6.45, 7) is 8.25. The molecule has 0 fully saturated rings. The van der Waals surface area contributed by atoms with Crippen LogP contribution in [0.2, 0.25) is 0 Å². The lowest BCUT2D eigenvalue weighted by atomic mass is 10.0. The fraction of sp³-hybridized carbons (Fsp3) is 0.923. The molecule has 0 saturated carbocycles. The molecule has 0 atom stereocenters. The van der Waals surface area contributed by atoms with Crippen LogP contribution in [-0.2, 0) is 9.53 Å². The van der Waals surface area contributed by atoms with Gasteiger partial charge in [-0.05, 0) is 26.7 Å². The summed E-state index contributed by atoms with van der Waals surface area (Å²) in [5.74, 6) is -0.0375. The Morgan fingerprint density at radius 2 is 1.73 bits per heavy atom. The Hall–Kier alpha value is -0.530. The Labute approximate surface area is 94.4 Å². The maximum absolute atomic E-state index is 11.5. The number of hydrogen-bond donors (Lipinski definition) is 0. The van der Waals surface area contributed by atoms with Gasteiger partial charge in [-0.1, -0.05) is 39.5 Å². The lowest BCUT2D eigenvalue weighted by molar-refractivity contribution is -0.157. The quantitative estimate of drug-likeness (QED) is 0.449. The van der Waals surface area contributed by atoms with Crippen molar-refractivity contribution in [1.82, 2.24) is 0 Å². The molecule has 0 radical (unpaired) electrons. The second-order valence-corrected chi connectivity index (χ2v) is 4.79. The van der Waals surface area contributed by atoms with Crippen LogP contribution >= 0.6 is 0 Å². The minimum atomic E-state index is -0.281. The number of unbranched alkanes of at least 4 members (excludes halogenated alkanes) is 3. The molecular formula is C13H26O2. The van der Waals surface area contributed by atoms with Gasteiger partial charge in [0.1, 0.15) is 5.60 Å². The third kappa shape index (κ3) is 8.46. The fourth-order valence-electron chi connectivity index (χ4n) is 1.71. The van der Waals surface area contributed by atoms with E-state index < -0.39 is 0 Å². The third-order valence-electron chi connectivity index (χ3n) is 2.48. The van der Waals surface area contributed by atoms with Crippen molar-refractivity contribution in [2.24, 2.45) is 0 Å². The summed E-state index contributed by atoms with van der Waals surface area (Å²) >= 11 is 0. The molecule has 15 heavy (non-hydrogen) atoms. The van der Waals surface area contributed by atoms with Crippen LogP contribution in [0.3, 0.4) is 0 Å². The molecule has 0 spiro atoms. The SMILES string of the molecule is CCCCCCC(=O)OC(C)(C)CCC. The van der Waals surface area contributed by atoms with E-state index in [4.69, 9.17) is 4.74 Å². The molecule has 2 nitrogen and oxygen atoms in total. The van der Waals surface area contributed by atoms with Gasteiger partial charge in [0.05, 0.1) is 0 Å².